The van der Waals surface area contributed by atoms with Crippen molar-refractivity contribution in [3.8, 4) is 5.75 Å². The summed E-state index contributed by atoms with van der Waals surface area (Å²) in [5.41, 5.74) is 3.50. The number of nitrogens with zero attached hydrogens (tertiary/aromatic N) is 1. The van der Waals surface area contributed by atoms with Gasteiger partial charge >= 0.3 is 5.63 Å². The fraction of sp³-hybridized carbons (Fsp3) is 0.286. The van der Waals surface area contributed by atoms with Crippen LogP contribution in [0.1, 0.15) is 29.5 Å². The van der Waals surface area contributed by atoms with E-state index in [-0.39, 0.29) is 18.2 Å². The van der Waals surface area contributed by atoms with E-state index >= 15 is 0 Å². The normalized spacial score (nSPS) is 16.0. The molecule has 1 aliphatic carbocycles. The van der Waals surface area contributed by atoms with Crippen molar-refractivity contribution < 1.29 is 13.5 Å². The van der Waals surface area contributed by atoms with E-state index < -0.39 is 0 Å². The summed E-state index contributed by atoms with van der Waals surface area (Å²) in [5.74, 6) is 0.227. The first-order valence-electron chi connectivity index (χ1n) is 9.05. The summed E-state index contributed by atoms with van der Waals surface area (Å²) in [6, 6.07) is 8.19. The maximum Gasteiger partial charge on any atom is 0.339 e. The number of halogens is 2. The molecule has 4 nitrogen and oxygen atoms in total. The molecule has 0 amide bonds. The molecule has 0 fully saturated rings. The largest absolute Gasteiger partial charge is 0.471 e. The Kier molecular flexibility index (Phi) is 3.86. The maximum atomic E-state index is 13.6. The van der Waals surface area contributed by atoms with E-state index in [0.29, 0.717) is 28.6 Å². The van der Waals surface area contributed by atoms with Crippen molar-refractivity contribution >= 4 is 28.3 Å². The van der Waals surface area contributed by atoms with Crippen LogP contribution in [0.25, 0.3) is 11.0 Å². The molecule has 0 bridgehead atoms. The SMILES string of the molecule is O=c1oc2c3c(c(Cl)cc2c2c1CCCC2)OCN(c1cccc(F)c1)C3. The number of hydrogen-bond acceptors (Lipinski definition) is 4. The van der Waals surface area contributed by atoms with Gasteiger partial charge in [0.15, 0.2) is 6.73 Å². The molecule has 0 N–H and O–H groups in total. The highest BCUT2D eigenvalue weighted by Crippen LogP contribution is 2.41. The molecule has 138 valence electrons. The second-order valence-electron chi connectivity index (χ2n) is 7.05. The molecule has 0 saturated heterocycles. The van der Waals surface area contributed by atoms with Crippen LogP contribution in [0.3, 0.4) is 0 Å². The van der Waals surface area contributed by atoms with Crippen LogP contribution in [0.2, 0.25) is 5.02 Å². The van der Waals surface area contributed by atoms with Gasteiger partial charge in [0.1, 0.15) is 17.1 Å². The van der Waals surface area contributed by atoms with Gasteiger partial charge < -0.3 is 14.1 Å². The van der Waals surface area contributed by atoms with Crippen LogP contribution in [0.4, 0.5) is 10.1 Å². The third-order valence-corrected chi connectivity index (χ3v) is 5.68. The first kappa shape index (κ1) is 16.6. The summed E-state index contributed by atoms with van der Waals surface area (Å²) in [6.45, 7) is 0.675. The molecule has 2 aromatic carbocycles. The van der Waals surface area contributed by atoms with E-state index in [2.05, 4.69) is 0 Å². The lowest BCUT2D eigenvalue weighted by molar-refractivity contribution is 0.289. The van der Waals surface area contributed by atoms with Crippen molar-refractivity contribution in [2.45, 2.75) is 32.2 Å². The number of ether oxygens (including phenoxy) is 1. The van der Waals surface area contributed by atoms with Gasteiger partial charge in [-0.15, -0.1) is 0 Å². The Bertz CT molecular complexity index is 1120. The minimum Gasteiger partial charge on any atom is -0.471 e. The maximum absolute atomic E-state index is 13.6. The highest BCUT2D eigenvalue weighted by atomic mass is 35.5. The minimum absolute atomic E-state index is 0.247. The zero-order chi connectivity index (χ0) is 18.5. The van der Waals surface area contributed by atoms with Crippen molar-refractivity contribution in [2.24, 2.45) is 0 Å². The molecule has 0 unspecified atom stereocenters. The molecule has 5 rings (SSSR count). The number of aryl methyl sites for hydroxylation is 1. The summed E-state index contributed by atoms with van der Waals surface area (Å²) >= 11 is 6.50. The molecule has 6 heteroatoms. The van der Waals surface area contributed by atoms with Gasteiger partial charge in [0, 0.05) is 16.6 Å². The van der Waals surface area contributed by atoms with Crippen LogP contribution in [0, 0.1) is 5.82 Å². The third kappa shape index (κ3) is 2.69. The lowest BCUT2D eigenvalue weighted by Gasteiger charge is -2.32. The second-order valence-corrected chi connectivity index (χ2v) is 7.45. The average molecular weight is 386 g/mol. The Labute approximate surface area is 160 Å². The zero-order valence-corrected chi connectivity index (χ0v) is 15.3. The number of fused-ring (bicyclic) bond motifs is 5. The molecule has 27 heavy (non-hydrogen) atoms. The Balaban J connectivity index is 1.70. The third-order valence-electron chi connectivity index (χ3n) is 5.40. The van der Waals surface area contributed by atoms with Crippen molar-refractivity contribution in [1.29, 1.82) is 0 Å². The van der Waals surface area contributed by atoms with E-state index in [1.165, 1.54) is 12.1 Å². The predicted molar refractivity (Wildman–Crippen MR) is 102 cm³/mol. The first-order chi connectivity index (χ1) is 13.1. The van der Waals surface area contributed by atoms with Crippen LogP contribution in [0.5, 0.6) is 5.75 Å². The fourth-order valence-corrected chi connectivity index (χ4v) is 4.39. The van der Waals surface area contributed by atoms with E-state index in [1.54, 1.807) is 6.07 Å². The Hall–Kier alpha value is -2.53. The van der Waals surface area contributed by atoms with E-state index in [9.17, 15) is 9.18 Å². The summed E-state index contributed by atoms with van der Waals surface area (Å²) in [6.07, 6.45) is 3.64. The first-order valence-corrected chi connectivity index (χ1v) is 9.43. The molecule has 0 saturated carbocycles. The summed E-state index contributed by atoms with van der Waals surface area (Å²) in [7, 11) is 0. The molecule has 3 aromatic rings. The quantitative estimate of drug-likeness (QED) is 0.563. The van der Waals surface area contributed by atoms with Gasteiger partial charge in [-0.1, -0.05) is 17.7 Å². The number of anilines is 1. The van der Waals surface area contributed by atoms with Crippen molar-refractivity contribution in [2.75, 3.05) is 11.6 Å². The average Bonchev–Trinajstić information content (AvgIpc) is 2.69. The van der Waals surface area contributed by atoms with Gasteiger partial charge in [-0.25, -0.2) is 9.18 Å². The Morgan fingerprint density at radius 3 is 2.70 bits per heavy atom. The molecule has 0 spiro atoms. The Morgan fingerprint density at radius 1 is 1.07 bits per heavy atom. The van der Waals surface area contributed by atoms with Gasteiger partial charge in [-0.2, -0.15) is 0 Å². The van der Waals surface area contributed by atoms with Gasteiger partial charge in [0.2, 0.25) is 0 Å². The van der Waals surface area contributed by atoms with Crippen LogP contribution in [-0.2, 0) is 19.4 Å². The van der Waals surface area contributed by atoms with Crippen LogP contribution < -0.4 is 15.3 Å². The monoisotopic (exact) mass is 385 g/mol. The summed E-state index contributed by atoms with van der Waals surface area (Å²) in [4.78, 5) is 14.4. The Morgan fingerprint density at radius 2 is 1.89 bits per heavy atom. The standard InChI is InChI=1S/C21H17ClFNO3/c22-18-9-16-14-6-1-2-7-15(14)21(25)27-19(16)17-10-24(11-26-20(17)18)13-5-3-4-12(23)8-13/h3-5,8-9H,1-2,6-7,10-11H2. The highest BCUT2D eigenvalue weighted by molar-refractivity contribution is 6.33. The lowest BCUT2D eigenvalue weighted by atomic mass is 9.90. The van der Waals surface area contributed by atoms with E-state index in [1.807, 2.05) is 17.0 Å². The molecule has 1 aliphatic heterocycles. The number of hydrogen-bond donors (Lipinski definition) is 0. The predicted octanol–water partition coefficient (Wildman–Crippen LogP) is 4.82. The van der Waals surface area contributed by atoms with Crippen molar-refractivity contribution in [3.05, 3.63) is 68.3 Å². The van der Waals surface area contributed by atoms with Crippen molar-refractivity contribution in [1.82, 2.24) is 0 Å². The van der Waals surface area contributed by atoms with Gasteiger partial charge in [0.25, 0.3) is 0 Å². The fourth-order valence-electron chi connectivity index (χ4n) is 4.11. The molecule has 2 heterocycles. The molecular formula is C21H17ClFNO3. The molecule has 0 radical (unpaired) electrons. The molecule has 1 aromatic heterocycles. The zero-order valence-electron chi connectivity index (χ0n) is 14.6. The highest BCUT2D eigenvalue weighted by Gasteiger charge is 2.27. The van der Waals surface area contributed by atoms with Crippen LogP contribution in [0.15, 0.2) is 39.5 Å². The number of benzene rings is 2. The minimum atomic E-state index is -0.310. The van der Waals surface area contributed by atoms with Crippen LogP contribution >= 0.6 is 11.6 Å². The summed E-state index contributed by atoms with van der Waals surface area (Å²) in [5, 5.41) is 1.40. The van der Waals surface area contributed by atoms with Crippen molar-refractivity contribution in [3.63, 3.8) is 0 Å². The molecule has 2 aliphatic rings. The smallest absolute Gasteiger partial charge is 0.339 e. The molecular weight excluding hydrogens is 369 g/mol. The van der Waals surface area contributed by atoms with E-state index in [0.717, 1.165) is 47.8 Å². The van der Waals surface area contributed by atoms with Gasteiger partial charge in [-0.05, 0) is 55.5 Å². The second kappa shape index (κ2) is 6.27. The number of rotatable bonds is 1. The van der Waals surface area contributed by atoms with Gasteiger partial charge in [-0.3, -0.25) is 0 Å². The summed E-state index contributed by atoms with van der Waals surface area (Å²) < 4.78 is 25.2. The lowest BCUT2D eigenvalue weighted by Crippen LogP contribution is -2.32. The topological polar surface area (TPSA) is 42.7 Å². The molecule has 0 atom stereocenters. The van der Waals surface area contributed by atoms with E-state index in [4.69, 9.17) is 20.8 Å². The van der Waals surface area contributed by atoms with Gasteiger partial charge in [0.05, 0.1) is 17.1 Å². The van der Waals surface area contributed by atoms with Crippen LogP contribution in [-0.4, -0.2) is 6.73 Å².